The molecule has 0 aliphatic carbocycles. The summed E-state index contributed by atoms with van der Waals surface area (Å²) in [5.41, 5.74) is 1.01. The van der Waals surface area contributed by atoms with Gasteiger partial charge >= 0.3 is 0 Å². The van der Waals surface area contributed by atoms with Crippen LogP contribution in [0.5, 0.6) is 0 Å². The summed E-state index contributed by atoms with van der Waals surface area (Å²) in [4.78, 5) is 23.7. The van der Waals surface area contributed by atoms with Crippen molar-refractivity contribution in [3.8, 4) is 0 Å². The Labute approximate surface area is 157 Å². The topological polar surface area (TPSA) is 70.2 Å². The zero-order valence-corrected chi connectivity index (χ0v) is 16.4. The highest BCUT2D eigenvalue weighted by Gasteiger charge is 2.25. The van der Waals surface area contributed by atoms with Crippen LogP contribution in [0.2, 0.25) is 0 Å². The van der Waals surface area contributed by atoms with Crippen molar-refractivity contribution in [1.29, 1.82) is 0 Å². The molecule has 26 heavy (non-hydrogen) atoms. The molecule has 3 heterocycles. The second kappa shape index (κ2) is 8.80. The number of amides is 1. The van der Waals surface area contributed by atoms with Crippen LogP contribution >= 0.6 is 0 Å². The quantitative estimate of drug-likeness (QED) is 0.843. The van der Waals surface area contributed by atoms with Gasteiger partial charge in [-0.15, -0.1) is 0 Å². The van der Waals surface area contributed by atoms with Gasteiger partial charge in [0.1, 0.15) is 11.6 Å². The van der Waals surface area contributed by atoms with Crippen LogP contribution in [0.25, 0.3) is 0 Å². The summed E-state index contributed by atoms with van der Waals surface area (Å²) in [5.74, 6) is 3.14. The standard InChI is InChI=1S/C20H33N5O/c1-14(17-5-4-8-21-13-17)11-20(26)24-18-6-9-25(10-7-18)19-12-15(2)22-16(3)23-19/h12,14,17-18,21H,4-11,13H2,1-3H3,(H,24,26). The minimum atomic E-state index is 0.218. The van der Waals surface area contributed by atoms with E-state index in [1.165, 1.54) is 12.8 Å². The summed E-state index contributed by atoms with van der Waals surface area (Å²) in [7, 11) is 0. The molecule has 1 aromatic heterocycles. The SMILES string of the molecule is Cc1cc(N2CCC(NC(=O)CC(C)C3CCCNC3)CC2)nc(C)n1. The molecular formula is C20H33N5O. The lowest BCUT2D eigenvalue weighted by atomic mass is 9.85. The summed E-state index contributed by atoms with van der Waals surface area (Å²) in [6.45, 7) is 10.2. The number of nitrogens with zero attached hydrogens (tertiary/aromatic N) is 3. The molecule has 2 aliphatic rings. The number of hydrogen-bond donors (Lipinski definition) is 2. The normalized spacial score (nSPS) is 22.9. The molecule has 0 radical (unpaired) electrons. The summed E-state index contributed by atoms with van der Waals surface area (Å²) in [5, 5.41) is 6.72. The van der Waals surface area contributed by atoms with Gasteiger partial charge < -0.3 is 15.5 Å². The average Bonchev–Trinajstić information content (AvgIpc) is 2.62. The molecule has 1 aromatic rings. The summed E-state index contributed by atoms with van der Waals surface area (Å²) in [6, 6.07) is 2.34. The third-order valence-corrected chi connectivity index (χ3v) is 5.78. The summed E-state index contributed by atoms with van der Waals surface area (Å²) < 4.78 is 0. The van der Waals surface area contributed by atoms with E-state index in [4.69, 9.17) is 0 Å². The first-order valence-electron chi connectivity index (χ1n) is 10.1. The van der Waals surface area contributed by atoms with E-state index in [1.54, 1.807) is 0 Å². The Bertz CT molecular complexity index is 586. The Kier molecular flexibility index (Phi) is 6.46. The van der Waals surface area contributed by atoms with Gasteiger partial charge in [0.25, 0.3) is 0 Å². The lowest BCUT2D eigenvalue weighted by Crippen LogP contribution is -2.45. The summed E-state index contributed by atoms with van der Waals surface area (Å²) >= 11 is 0. The molecule has 0 saturated carbocycles. The molecule has 2 aliphatic heterocycles. The Hall–Kier alpha value is -1.69. The monoisotopic (exact) mass is 359 g/mol. The van der Waals surface area contributed by atoms with Gasteiger partial charge in [0, 0.05) is 37.3 Å². The van der Waals surface area contributed by atoms with Crippen molar-refractivity contribution in [3.63, 3.8) is 0 Å². The zero-order chi connectivity index (χ0) is 18.5. The minimum absolute atomic E-state index is 0.218. The Morgan fingerprint density at radius 1 is 1.31 bits per heavy atom. The van der Waals surface area contributed by atoms with Gasteiger partial charge in [0.15, 0.2) is 0 Å². The molecule has 2 N–H and O–H groups in total. The van der Waals surface area contributed by atoms with E-state index in [0.717, 1.165) is 56.4 Å². The first-order chi connectivity index (χ1) is 12.5. The third-order valence-electron chi connectivity index (χ3n) is 5.78. The molecule has 2 fully saturated rings. The van der Waals surface area contributed by atoms with Crippen molar-refractivity contribution >= 4 is 11.7 Å². The van der Waals surface area contributed by atoms with E-state index >= 15 is 0 Å². The number of aryl methyl sites for hydroxylation is 2. The lowest BCUT2D eigenvalue weighted by molar-refractivity contribution is -0.123. The molecule has 0 spiro atoms. The smallest absolute Gasteiger partial charge is 0.220 e. The van der Waals surface area contributed by atoms with Crippen LogP contribution in [0.1, 0.15) is 50.5 Å². The van der Waals surface area contributed by atoms with Crippen molar-refractivity contribution in [2.75, 3.05) is 31.1 Å². The Balaban J connectivity index is 1.43. The van der Waals surface area contributed by atoms with Gasteiger partial charge in [0.2, 0.25) is 5.91 Å². The second-order valence-electron chi connectivity index (χ2n) is 8.03. The second-order valence-corrected chi connectivity index (χ2v) is 8.03. The maximum atomic E-state index is 12.4. The van der Waals surface area contributed by atoms with Crippen molar-refractivity contribution in [2.24, 2.45) is 11.8 Å². The number of hydrogen-bond acceptors (Lipinski definition) is 5. The molecule has 3 rings (SSSR count). The molecule has 1 amide bonds. The van der Waals surface area contributed by atoms with Crippen molar-refractivity contribution < 1.29 is 4.79 Å². The molecule has 6 heteroatoms. The number of nitrogens with one attached hydrogen (secondary N) is 2. The number of carbonyl (C=O) groups excluding carboxylic acids is 1. The third kappa shape index (κ3) is 5.16. The van der Waals surface area contributed by atoms with E-state index < -0.39 is 0 Å². The predicted molar refractivity (Wildman–Crippen MR) is 104 cm³/mol. The highest BCUT2D eigenvalue weighted by molar-refractivity contribution is 5.76. The van der Waals surface area contributed by atoms with Crippen LogP contribution in [0, 0.1) is 25.7 Å². The van der Waals surface area contributed by atoms with Gasteiger partial charge in [-0.1, -0.05) is 6.92 Å². The number of aromatic nitrogens is 2. The number of piperidine rings is 2. The lowest BCUT2D eigenvalue weighted by Gasteiger charge is -2.34. The zero-order valence-electron chi connectivity index (χ0n) is 16.4. The predicted octanol–water partition coefficient (Wildman–Crippen LogP) is 2.20. The van der Waals surface area contributed by atoms with Gasteiger partial charge in [0.05, 0.1) is 0 Å². The van der Waals surface area contributed by atoms with Crippen molar-refractivity contribution in [1.82, 2.24) is 20.6 Å². The first kappa shape index (κ1) is 19.1. The molecular weight excluding hydrogens is 326 g/mol. The molecule has 2 saturated heterocycles. The molecule has 2 unspecified atom stereocenters. The highest BCUT2D eigenvalue weighted by atomic mass is 16.1. The Morgan fingerprint density at radius 3 is 2.73 bits per heavy atom. The molecule has 6 nitrogen and oxygen atoms in total. The van der Waals surface area contributed by atoms with E-state index in [-0.39, 0.29) is 5.91 Å². The van der Waals surface area contributed by atoms with Crippen LogP contribution < -0.4 is 15.5 Å². The maximum absolute atomic E-state index is 12.4. The first-order valence-corrected chi connectivity index (χ1v) is 10.1. The fourth-order valence-electron chi connectivity index (χ4n) is 4.22. The van der Waals surface area contributed by atoms with Gasteiger partial charge in [-0.2, -0.15) is 0 Å². The fraction of sp³-hybridized carbons (Fsp3) is 0.750. The van der Waals surface area contributed by atoms with Crippen molar-refractivity contribution in [2.45, 2.75) is 58.9 Å². The molecule has 144 valence electrons. The number of carbonyl (C=O) groups is 1. The van der Waals surface area contributed by atoms with Crippen molar-refractivity contribution in [3.05, 3.63) is 17.6 Å². The van der Waals surface area contributed by atoms with E-state index in [2.05, 4.69) is 32.4 Å². The van der Waals surface area contributed by atoms with Crippen LogP contribution in [-0.4, -0.2) is 48.1 Å². The number of rotatable bonds is 5. The molecule has 0 aromatic carbocycles. The van der Waals surface area contributed by atoms with Crippen LogP contribution in [-0.2, 0) is 4.79 Å². The number of anilines is 1. The fourth-order valence-corrected chi connectivity index (χ4v) is 4.22. The molecule has 2 atom stereocenters. The van der Waals surface area contributed by atoms with Crippen LogP contribution in [0.4, 0.5) is 5.82 Å². The van der Waals surface area contributed by atoms with E-state index in [9.17, 15) is 4.79 Å². The Morgan fingerprint density at radius 2 is 2.08 bits per heavy atom. The van der Waals surface area contributed by atoms with Crippen LogP contribution in [0.15, 0.2) is 6.07 Å². The molecule has 0 bridgehead atoms. The van der Waals surface area contributed by atoms with Gasteiger partial charge in [-0.3, -0.25) is 4.79 Å². The largest absolute Gasteiger partial charge is 0.356 e. The van der Waals surface area contributed by atoms with Crippen LogP contribution in [0.3, 0.4) is 0 Å². The average molecular weight is 360 g/mol. The minimum Gasteiger partial charge on any atom is -0.356 e. The summed E-state index contributed by atoms with van der Waals surface area (Å²) in [6.07, 6.45) is 5.09. The van der Waals surface area contributed by atoms with E-state index in [1.807, 2.05) is 19.9 Å². The van der Waals surface area contributed by atoms with E-state index in [0.29, 0.717) is 24.3 Å². The van der Waals surface area contributed by atoms with Gasteiger partial charge in [-0.05, 0) is 64.5 Å². The van der Waals surface area contributed by atoms with Gasteiger partial charge in [-0.25, -0.2) is 9.97 Å². The highest BCUT2D eigenvalue weighted by Crippen LogP contribution is 2.23. The maximum Gasteiger partial charge on any atom is 0.220 e.